The van der Waals surface area contributed by atoms with Gasteiger partial charge in [0.05, 0.1) is 0 Å². The molecule has 3 aliphatic rings. The Labute approximate surface area is 134 Å². The second-order valence-electron chi connectivity index (χ2n) is 7.61. The molecule has 2 amide bonds. The first-order chi connectivity index (χ1) is 10.7. The third kappa shape index (κ3) is 4.02. The van der Waals surface area contributed by atoms with Gasteiger partial charge in [0.25, 0.3) is 0 Å². The number of hydrogen-bond acceptors (Lipinski definition) is 2. The summed E-state index contributed by atoms with van der Waals surface area (Å²) in [5, 5.41) is 2.94. The van der Waals surface area contributed by atoms with Crippen LogP contribution in [0, 0.1) is 11.3 Å². The number of likely N-dealkylation sites (tertiary alicyclic amines) is 1. The number of carbonyl (C=O) groups excluding carboxylic acids is 2. The predicted octanol–water partition coefficient (Wildman–Crippen LogP) is 2.87. The standard InChI is InChI=1S/C18H30N2O2/c21-16(5-4-12-19-17(22)15-6-7-15)20-13-10-18(11-14-20)8-2-1-3-9-18/h15H,1-14H2,(H,19,22). The van der Waals surface area contributed by atoms with E-state index >= 15 is 0 Å². The summed E-state index contributed by atoms with van der Waals surface area (Å²) in [5.74, 6) is 0.737. The maximum absolute atomic E-state index is 12.3. The van der Waals surface area contributed by atoms with Gasteiger partial charge in [-0.05, 0) is 50.4 Å². The molecule has 1 heterocycles. The van der Waals surface area contributed by atoms with Crippen LogP contribution in [0.4, 0.5) is 0 Å². The molecule has 1 spiro atoms. The molecule has 0 aromatic carbocycles. The van der Waals surface area contributed by atoms with Gasteiger partial charge in [0.15, 0.2) is 0 Å². The molecule has 4 nitrogen and oxygen atoms in total. The summed E-state index contributed by atoms with van der Waals surface area (Å²) < 4.78 is 0. The summed E-state index contributed by atoms with van der Waals surface area (Å²) in [6.07, 6.45) is 12.8. The van der Waals surface area contributed by atoms with E-state index < -0.39 is 0 Å². The topological polar surface area (TPSA) is 49.4 Å². The average Bonchev–Trinajstić information content (AvgIpc) is 3.37. The molecule has 1 aliphatic heterocycles. The molecule has 0 atom stereocenters. The zero-order valence-corrected chi connectivity index (χ0v) is 13.7. The van der Waals surface area contributed by atoms with Crippen LogP contribution in [0.15, 0.2) is 0 Å². The van der Waals surface area contributed by atoms with Gasteiger partial charge < -0.3 is 10.2 Å². The van der Waals surface area contributed by atoms with Crippen molar-refractivity contribution in [2.75, 3.05) is 19.6 Å². The fourth-order valence-corrected chi connectivity index (χ4v) is 4.13. The van der Waals surface area contributed by atoms with E-state index in [0.717, 1.165) is 32.4 Å². The van der Waals surface area contributed by atoms with E-state index in [1.807, 2.05) is 0 Å². The van der Waals surface area contributed by atoms with Crippen LogP contribution in [0.2, 0.25) is 0 Å². The largest absolute Gasteiger partial charge is 0.356 e. The zero-order chi connectivity index (χ0) is 15.4. The van der Waals surface area contributed by atoms with Crippen molar-refractivity contribution in [3.8, 4) is 0 Å². The molecule has 0 bridgehead atoms. The normalized spacial score (nSPS) is 24.3. The summed E-state index contributed by atoms with van der Waals surface area (Å²) in [7, 11) is 0. The number of carbonyl (C=O) groups is 2. The fraction of sp³-hybridized carbons (Fsp3) is 0.889. The lowest BCUT2D eigenvalue weighted by Crippen LogP contribution is -2.44. The quantitative estimate of drug-likeness (QED) is 0.794. The molecule has 1 saturated heterocycles. The van der Waals surface area contributed by atoms with Gasteiger partial charge >= 0.3 is 0 Å². The number of nitrogens with zero attached hydrogens (tertiary/aromatic N) is 1. The number of rotatable bonds is 5. The molecule has 0 radical (unpaired) electrons. The van der Waals surface area contributed by atoms with Crippen LogP contribution in [0.1, 0.15) is 70.6 Å². The first-order valence-electron chi connectivity index (χ1n) is 9.24. The number of amides is 2. The van der Waals surface area contributed by atoms with E-state index in [2.05, 4.69) is 10.2 Å². The number of piperidine rings is 1. The van der Waals surface area contributed by atoms with Gasteiger partial charge in [-0.1, -0.05) is 19.3 Å². The van der Waals surface area contributed by atoms with E-state index in [4.69, 9.17) is 0 Å². The second kappa shape index (κ2) is 7.01. The Morgan fingerprint density at radius 2 is 1.68 bits per heavy atom. The minimum Gasteiger partial charge on any atom is -0.356 e. The third-order valence-electron chi connectivity index (χ3n) is 5.91. The average molecular weight is 306 g/mol. The van der Waals surface area contributed by atoms with Crippen molar-refractivity contribution in [3.63, 3.8) is 0 Å². The molecular weight excluding hydrogens is 276 g/mol. The van der Waals surface area contributed by atoms with Crippen LogP contribution in [0.5, 0.6) is 0 Å². The molecular formula is C18H30N2O2. The van der Waals surface area contributed by atoms with Crippen LogP contribution in [0.25, 0.3) is 0 Å². The highest BCUT2D eigenvalue weighted by molar-refractivity contribution is 5.81. The number of nitrogens with one attached hydrogen (secondary N) is 1. The molecule has 2 aliphatic carbocycles. The molecule has 3 fully saturated rings. The van der Waals surface area contributed by atoms with Crippen molar-refractivity contribution in [1.82, 2.24) is 10.2 Å². The third-order valence-corrected chi connectivity index (χ3v) is 5.91. The number of hydrogen-bond donors (Lipinski definition) is 1. The molecule has 124 valence electrons. The van der Waals surface area contributed by atoms with Crippen LogP contribution in [-0.2, 0) is 9.59 Å². The summed E-state index contributed by atoms with van der Waals surface area (Å²) in [4.78, 5) is 25.8. The van der Waals surface area contributed by atoms with Crippen LogP contribution in [0.3, 0.4) is 0 Å². The lowest BCUT2D eigenvalue weighted by Gasteiger charge is -2.44. The van der Waals surface area contributed by atoms with Crippen molar-refractivity contribution in [3.05, 3.63) is 0 Å². The van der Waals surface area contributed by atoms with Gasteiger partial charge in [-0.3, -0.25) is 9.59 Å². The minimum absolute atomic E-state index is 0.185. The van der Waals surface area contributed by atoms with E-state index in [0.29, 0.717) is 18.4 Å². The lowest BCUT2D eigenvalue weighted by molar-refractivity contribution is -0.134. The molecule has 3 rings (SSSR count). The Morgan fingerprint density at radius 1 is 1.00 bits per heavy atom. The molecule has 0 aromatic rings. The summed E-state index contributed by atoms with van der Waals surface area (Å²) in [6, 6.07) is 0. The monoisotopic (exact) mass is 306 g/mol. The van der Waals surface area contributed by atoms with E-state index in [1.165, 1.54) is 44.9 Å². The summed E-state index contributed by atoms with van der Waals surface area (Å²) in [5.41, 5.74) is 0.563. The Bertz CT molecular complexity index is 401. The van der Waals surface area contributed by atoms with Crippen LogP contribution in [-0.4, -0.2) is 36.3 Å². The maximum atomic E-state index is 12.3. The first-order valence-corrected chi connectivity index (χ1v) is 9.24. The van der Waals surface area contributed by atoms with E-state index in [9.17, 15) is 9.59 Å². The highest BCUT2D eigenvalue weighted by Gasteiger charge is 2.36. The molecule has 4 heteroatoms. The van der Waals surface area contributed by atoms with E-state index in [-0.39, 0.29) is 17.7 Å². The van der Waals surface area contributed by atoms with E-state index in [1.54, 1.807) is 0 Å². The Kier molecular flexibility index (Phi) is 5.04. The lowest BCUT2D eigenvalue weighted by atomic mass is 9.68. The van der Waals surface area contributed by atoms with Crippen molar-refractivity contribution in [2.45, 2.75) is 70.6 Å². The molecule has 0 aromatic heterocycles. The van der Waals surface area contributed by atoms with Crippen molar-refractivity contribution >= 4 is 11.8 Å². The van der Waals surface area contributed by atoms with Crippen LogP contribution < -0.4 is 5.32 Å². The molecule has 0 unspecified atom stereocenters. The highest BCUT2D eigenvalue weighted by atomic mass is 16.2. The highest BCUT2D eigenvalue weighted by Crippen LogP contribution is 2.44. The first kappa shape index (κ1) is 15.8. The van der Waals surface area contributed by atoms with Gasteiger partial charge in [0.1, 0.15) is 0 Å². The van der Waals surface area contributed by atoms with Gasteiger partial charge in [0.2, 0.25) is 11.8 Å². The Balaban J connectivity index is 1.32. The second-order valence-corrected chi connectivity index (χ2v) is 7.61. The molecule has 22 heavy (non-hydrogen) atoms. The Hall–Kier alpha value is -1.06. The molecule has 2 saturated carbocycles. The van der Waals surface area contributed by atoms with Gasteiger partial charge in [-0.2, -0.15) is 0 Å². The minimum atomic E-state index is 0.185. The van der Waals surface area contributed by atoms with Crippen molar-refractivity contribution in [1.29, 1.82) is 0 Å². The van der Waals surface area contributed by atoms with Gasteiger partial charge in [-0.15, -0.1) is 0 Å². The Morgan fingerprint density at radius 3 is 2.32 bits per heavy atom. The smallest absolute Gasteiger partial charge is 0.223 e. The van der Waals surface area contributed by atoms with Gasteiger partial charge in [0, 0.05) is 32.0 Å². The van der Waals surface area contributed by atoms with Crippen molar-refractivity contribution < 1.29 is 9.59 Å². The summed E-state index contributed by atoms with van der Waals surface area (Å²) >= 11 is 0. The fourth-order valence-electron chi connectivity index (χ4n) is 4.13. The zero-order valence-electron chi connectivity index (χ0n) is 13.7. The SMILES string of the molecule is O=C(NCCCC(=O)N1CCC2(CCCCC2)CC1)C1CC1. The predicted molar refractivity (Wildman–Crippen MR) is 86.3 cm³/mol. The van der Waals surface area contributed by atoms with Crippen LogP contribution >= 0.6 is 0 Å². The summed E-state index contributed by atoms with van der Waals surface area (Å²) in [6.45, 7) is 2.55. The maximum Gasteiger partial charge on any atom is 0.223 e. The van der Waals surface area contributed by atoms with Gasteiger partial charge in [-0.25, -0.2) is 0 Å². The van der Waals surface area contributed by atoms with Crippen molar-refractivity contribution in [2.24, 2.45) is 11.3 Å². The molecule has 1 N–H and O–H groups in total.